The zero-order chi connectivity index (χ0) is 20.8. The fraction of sp³-hybridized carbons (Fsp3) is 0.591. The van der Waals surface area contributed by atoms with Crippen LogP contribution in [0, 0.1) is 11.8 Å². The largest absolute Gasteiger partial charge is 0.478 e. The molecule has 2 N–H and O–H groups in total. The molecular weight excluding hydrogens is 370 g/mol. The Morgan fingerprint density at radius 1 is 1.24 bits per heavy atom. The lowest BCUT2D eigenvalue weighted by Crippen LogP contribution is -2.38. The number of unbranched alkanes of at least 4 members (excludes halogenated alkanes) is 1. The molecule has 0 spiro atoms. The standard InChI is InChI=1S/C22H31N3O4/c1-3-5-12-23-22(28)25(4-2)24-14-18-17(19-10-11-20(18)29-19)13-15-6-8-16(9-7-15)21(26)27/h6-9,14,17-20H,3-5,10-13H2,1-2H3,(H,23,28)(H,26,27)/t17-,18+,19-,20+/m1/s1. The van der Waals surface area contributed by atoms with Gasteiger partial charge in [-0.2, -0.15) is 5.10 Å². The molecular formula is C22H31N3O4. The molecule has 29 heavy (non-hydrogen) atoms. The molecule has 1 aromatic rings. The molecule has 7 heteroatoms. The SMILES string of the molecule is CCCCNC(=O)N(CC)N=C[C@H]1[C@@H](Cc2ccc(C(=O)O)cc2)[C@H]2CC[C@@H]1O2. The number of carbonyl (C=O) groups excluding carboxylic acids is 1. The average molecular weight is 402 g/mol. The van der Waals surface area contributed by atoms with Crippen molar-refractivity contribution in [3.8, 4) is 0 Å². The van der Waals surface area contributed by atoms with Gasteiger partial charge in [-0.25, -0.2) is 14.6 Å². The Morgan fingerprint density at radius 3 is 2.62 bits per heavy atom. The molecule has 2 heterocycles. The number of carboxylic acid groups (broad SMARTS) is 1. The first kappa shape index (κ1) is 21.3. The first-order valence-electron chi connectivity index (χ1n) is 10.6. The van der Waals surface area contributed by atoms with Crippen molar-refractivity contribution in [1.29, 1.82) is 0 Å². The first-order chi connectivity index (χ1) is 14.0. The van der Waals surface area contributed by atoms with Gasteiger partial charge in [0.1, 0.15) is 0 Å². The summed E-state index contributed by atoms with van der Waals surface area (Å²) in [7, 11) is 0. The number of rotatable bonds is 9. The van der Waals surface area contributed by atoms with E-state index in [1.807, 2.05) is 25.3 Å². The summed E-state index contributed by atoms with van der Waals surface area (Å²) in [5.74, 6) is -0.470. The van der Waals surface area contributed by atoms with E-state index in [1.54, 1.807) is 12.1 Å². The highest BCUT2D eigenvalue weighted by molar-refractivity contribution is 5.87. The van der Waals surface area contributed by atoms with Crippen molar-refractivity contribution in [3.63, 3.8) is 0 Å². The zero-order valence-electron chi connectivity index (χ0n) is 17.2. The second kappa shape index (κ2) is 9.87. The third kappa shape index (κ3) is 5.15. The van der Waals surface area contributed by atoms with Crippen molar-refractivity contribution in [2.75, 3.05) is 13.1 Å². The Morgan fingerprint density at radius 2 is 1.97 bits per heavy atom. The number of carbonyl (C=O) groups is 2. The van der Waals surface area contributed by atoms with Crippen LogP contribution >= 0.6 is 0 Å². The first-order valence-corrected chi connectivity index (χ1v) is 10.6. The van der Waals surface area contributed by atoms with Gasteiger partial charge >= 0.3 is 12.0 Å². The van der Waals surface area contributed by atoms with Crippen LogP contribution in [-0.4, -0.2) is 53.6 Å². The van der Waals surface area contributed by atoms with Crippen LogP contribution in [0.4, 0.5) is 4.79 Å². The van der Waals surface area contributed by atoms with Gasteiger partial charge in [-0.1, -0.05) is 25.5 Å². The molecule has 2 amide bonds. The maximum Gasteiger partial charge on any atom is 0.337 e. The van der Waals surface area contributed by atoms with Crippen LogP contribution in [0.25, 0.3) is 0 Å². The lowest BCUT2D eigenvalue weighted by molar-refractivity contribution is 0.0696. The molecule has 2 fully saturated rings. The molecule has 0 aromatic heterocycles. The van der Waals surface area contributed by atoms with Gasteiger partial charge in [0.05, 0.1) is 17.8 Å². The average Bonchev–Trinajstić information content (AvgIpc) is 3.31. The predicted molar refractivity (Wildman–Crippen MR) is 111 cm³/mol. The van der Waals surface area contributed by atoms with Crippen molar-refractivity contribution in [2.24, 2.45) is 16.9 Å². The van der Waals surface area contributed by atoms with Crippen LogP contribution in [-0.2, 0) is 11.2 Å². The number of nitrogens with one attached hydrogen (secondary N) is 1. The van der Waals surface area contributed by atoms with Crippen LogP contribution in [0.3, 0.4) is 0 Å². The lowest BCUT2D eigenvalue weighted by Gasteiger charge is -2.26. The highest BCUT2D eigenvalue weighted by atomic mass is 16.5. The number of fused-ring (bicyclic) bond motifs is 2. The Kier molecular flexibility index (Phi) is 7.25. The van der Waals surface area contributed by atoms with E-state index in [1.165, 1.54) is 5.01 Å². The summed E-state index contributed by atoms with van der Waals surface area (Å²) in [5, 5.41) is 17.9. The van der Waals surface area contributed by atoms with E-state index in [0.717, 1.165) is 37.7 Å². The van der Waals surface area contributed by atoms with E-state index in [4.69, 9.17) is 9.84 Å². The molecule has 158 valence electrons. The van der Waals surface area contributed by atoms with E-state index in [-0.39, 0.29) is 30.1 Å². The summed E-state index contributed by atoms with van der Waals surface area (Å²) >= 11 is 0. The molecule has 2 bridgehead atoms. The van der Waals surface area contributed by atoms with Crippen molar-refractivity contribution >= 4 is 18.2 Å². The number of benzene rings is 1. The Bertz CT molecular complexity index is 734. The summed E-state index contributed by atoms with van der Waals surface area (Å²) in [6.07, 6.45) is 7.10. The molecule has 2 aliphatic rings. The number of nitrogens with zero attached hydrogens (tertiary/aromatic N) is 2. The topological polar surface area (TPSA) is 91.2 Å². The fourth-order valence-electron chi connectivity index (χ4n) is 4.24. The molecule has 4 atom stereocenters. The predicted octanol–water partition coefficient (Wildman–Crippen LogP) is 3.54. The van der Waals surface area contributed by atoms with Gasteiger partial charge in [0.15, 0.2) is 0 Å². The minimum Gasteiger partial charge on any atom is -0.478 e. The molecule has 0 aliphatic carbocycles. The quantitative estimate of drug-likeness (QED) is 0.376. The van der Waals surface area contributed by atoms with Crippen molar-refractivity contribution in [2.45, 2.75) is 58.2 Å². The van der Waals surface area contributed by atoms with Crippen molar-refractivity contribution in [3.05, 3.63) is 35.4 Å². The minimum absolute atomic E-state index is 0.147. The smallest absolute Gasteiger partial charge is 0.337 e. The van der Waals surface area contributed by atoms with Gasteiger partial charge in [0.2, 0.25) is 0 Å². The van der Waals surface area contributed by atoms with Crippen LogP contribution in [0.5, 0.6) is 0 Å². The summed E-state index contributed by atoms with van der Waals surface area (Å²) in [6.45, 7) is 5.17. The number of urea groups is 1. The molecule has 0 radical (unpaired) electrons. The van der Waals surface area contributed by atoms with Crippen LogP contribution in [0.15, 0.2) is 29.4 Å². The number of carboxylic acids is 1. The molecule has 0 saturated carbocycles. The Hall–Kier alpha value is -2.41. The maximum absolute atomic E-state index is 12.3. The maximum atomic E-state index is 12.3. The van der Waals surface area contributed by atoms with E-state index >= 15 is 0 Å². The normalized spacial score (nSPS) is 25.4. The Labute approximate surface area is 172 Å². The number of aromatic carboxylic acids is 1. The zero-order valence-corrected chi connectivity index (χ0v) is 17.2. The molecule has 2 saturated heterocycles. The minimum atomic E-state index is -0.915. The molecule has 2 aliphatic heterocycles. The number of ether oxygens (including phenoxy) is 1. The van der Waals surface area contributed by atoms with Crippen LogP contribution in [0.1, 0.15) is 55.5 Å². The molecule has 3 rings (SSSR count). The number of amides is 2. The van der Waals surface area contributed by atoms with Gasteiger partial charge in [0, 0.05) is 25.2 Å². The van der Waals surface area contributed by atoms with Gasteiger partial charge in [0.25, 0.3) is 0 Å². The third-order valence-electron chi connectivity index (χ3n) is 5.88. The summed E-state index contributed by atoms with van der Waals surface area (Å²) in [5.41, 5.74) is 1.39. The summed E-state index contributed by atoms with van der Waals surface area (Å²) < 4.78 is 6.13. The van der Waals surface area contributed by atoms with Gasteiger partial charge < -0.3 is 15.2 Å². The highest BCUT2D eigenvalue weighted by Gasteiger charge is 2.48. The fourth-order valence-corrected chi connectivity index (χ4v) is 4.24. The van der Waals surface area contributed by atoms with E-state index < -0.39 is 5.97 Å². The lowest BCUT2D eigenvalue weighted by atomic mass is 9.77. The van der Waals surface area contributed by atoms with E-state index in [9.17, 15) is 9.59 Å². The third-order valence-corrected chi connectivity index (χ3v) is 5.88. The monoisotopic (exact) mass is 401 g/mol. The second-order valence-electron chi connectivity index (χ2n) is 7.80. The summed E-state index contributed by atoms with van der Waals surface area (Å²) in [4.78, 5) is 23.3. The van der Waals surface area contributed by atoms with Gasteiger partial charge in [-0.3, -0.25) is 0 Å². The van der Waals surface area contributed by atoms with Crippen LogP contribution in [0.2, 0.25) is 0 Å². The molecule has 7 nitrogen and oxygen atoms in total. The van der Waals surface area contributed by atoms with Gasteiger partial charge in [-0.15, -0.1) is 0 Å². The van der Waals surface area contributed by atoms with Gasteiger partial charge in [-0.05, 0) is 56.2 Å². The van der Waals surface area contributed by atoms with Crippen molar-refractivity contribution < 1.29 is 19.4 Å². The second-order valence-corrected chi connectivity index (χ2v) is 7.80. The van der Waals surface area contributed by atoms with E-state index in [2.05, 4.69) is 17.3 Å². The Balaban J connectivity index is 1.65. The molecule has 1 aromatic carbocycles. The number of hydrazone groups is 1. The van der Waals surface area contributed by atoms with Crippen LogP contribution < -0.4 is 5.32 Å². The number of hydrogen-bond donors (Lipinski definition) is 2. The van der Waals surface area contributed by atoms with Crippen molar-refractivity contribution in [1.82, 2.24) is 10.3 Å². The van der Waals surface area contributed by atoms with E-state index in [0.29, 0.717) is 18.7 Å². The molecule has 0 unspecified atom stereocenters. The number of hydrogen-bond acceptors (Lipinski definition) is 4. The highest BCUT2D eigenvalue weighted by Crippen LogP contribution is 2.44. The summed E-state index contributed by atoms with van der Waals surface area (Å²) in [6, 6.07) is 6.89.